The van der Waals surface area contributed by atoms with Crippen molar-refractivity contribution in [1.82, 2.24) is 24.4 Å². The smallest absolute Gasteiger partial charge is 0.161 e. The molecule has 0 fully saturated rings. The lowest BCUT2D eigenvalue weighted by atomic mass is 10.0. The molecule has 0 bridgehead atoms. The van der Waals surface area contributed by atoms with Crippen LogP contribution in [0.1, 0.15) is 9.81 Å². The highest BCUT2D eigenvalue weighted by atomic mass is 19.1. The molecule has 0 atom stereocenters. The maximum Gasteiger partial charge on any atom is 0.161 e. The minimum atomic E-state index is -2.45. The molecule has 7 heteroatoms. The highest BCUT2D eigenvalue weighted by Crippen LogP contribution is 2.32. The molecule has 0 aliphatic carbocycles. The third-order valence-electron chi connectivity index (χ3n) is 3.74. The average molecular weight is 325 g/mol. The topological polar surface area (TPSA) is 74.0 Å². The van der Waals surface area contributed by atoms with Crippen LogP contribution in [0.15, 0.2) is 48.9 Å². The van der Waals surface area contributed by atoms with E-state index in [1.54, 1.807) is 35.1 Å². The van der Waals surface area contributed by atoms with Gasteiger partial charge in [0.1, 0.15) is 11.5 Å². The van der Waals surface area contributed by atoms with E-state index in [1.807, 2.05) is 0 Å². The maximum absolute atomic E-state index is 13.3. The largest absolute Gasteiger partial charge is 0.325 e. The number of imidazole rings is 1. The lowest BCUT2D eigenvalue weighted by Gasteiger charge is -2.04. The van der Waals surface area contributed by atoms with Gasteiger partial charge < -0.3 is 5.73 Å². The van der Waals surface area contributed by atoms with Crippen LogP contribution >= 0.6 is 0 Å². The van der Waals surface area contributed by atoms with E-state index in [-0.39, 0.29) is 12.4 Å². The van der Waals surface area contributed by atoms with Gasteiger partial charge in [-0.05, 0) is 30.3 Å². The fourth-order valence-electron chi connectivity index (χ4n) is 2.64. The monoisotopic (exact) mass is 325 g/mol. The van der Waals surface area contributed by atoms with Crippen LogP contribution in [0.4, 0.5) is 4.39 Å². The van der Waals surface area contributed by atoms with Gasteiger partial charge in [0.25, 0.3) is 0 Å². The fraction of sp³-hybridized carbons (Fsp3) is 0.118. The molecule has 4 aromatic rings. The van der Waals surface area contributed by atoms with Crippen molar-refractivity contribution in [3.05, 3.63) is 60.4 Å². The second-order valence-electron chi connectivity index (χ2n) is 5.29. The van der Waals surface area contributed by atoms with Gasteiger partial charge in [0.15, 0.2) is 5.65 Å². The molecular formula is C17H15FN6. The SMILES string of the molecule is [2H]C([2H])([2H])n1cc(-c2ccnn3cc(CN)nc23)c(-c2ccc(F)cc2)n1. The van der Waals surface area contributed by atoms with E-state index in [1.165, 1.54) is 18.3 Å². The van der Waals surface area contributed by atoms with E-state index in [0.29, 0.717) is 33.7 Å². The highest BCUT2D eigenvalue weighted by molar-refractivity contribution is 5.87. The minimum Gasteiger partial charge on any atom is -0.325 e. The van der Waals surface area contributed by atoms with Crippen molar-refractivity contribution < 1.29 is 8.50 Å². The van der Waals surface area contributed by atoms with Crippen LogP contribution in [-0.2, 0) is 13.5 Å². The summed E-state index contributed by atoms with van der Waals surface area (Å²) in [5.41, 5.74) is 9.07. The van der Waals surface area contributed by atoms with Crippen LogP contribution in [0.3, 0.4) is 0 Å². The van der Waals surface area contributed by atoms with Crippen LogP contribution in [-0.4, -0.2) is 24.4 Å². The maximum atomic E-state index is 13.3. The third-order valence-corrected chi connectivity index (χ3v) is 3.74. The molecule has 3 heterocycles. The Morgan fingerprint density at radius 2 is 2.00 bits per heavy atom. The molecule has 0 unspecified atom stereocenters. The van der Waals surface area contributed by atoms with Crippen molar-refractivity contribution in [3.8, 4) is 22.4 Å². The van der Waals surface area contributed by atoms with Crippen molar-refractivity contribution in [2.75, 3.05) is 0 Å². The molecule has 0 aliphatic rings. The minimum absolute atomic E-state index is 0.252. The van der Waals surface area contributed by atoms with Gasteiger partial charge in [0, 0.05) is 46.7 Å². The second-order valence-corrected chi connectivity index (χ2v) is 5.29. The number of hydrogen-bond donors (Lipinski definition) is 1. The van der Waals surface area contributed by atoms with Crippen molar-refractivity contribution in [2.24, 2.45) is 12.7 Å². The van der Waals surface area contributed by atoms with Crippen LogP contribution < -0.4 is 5.73 Å². The molecule has 0 spiro atoms. The molecule has 2 N–H and O–H groups in total. The summed E-state index contributed by atoms with van der Waals surface area (Å²) in [5.74, 6) is -0.386. The number of hydrogen-bond acceptors (Lipinski definition) is 4. The molecule has 3 aromatic heterocycles. The number of benzene rings is 1. The van der Waals surface area contributed by atoms with E-state index in [9.17, 15) is 4.39 Å². The molecular weight excluding hydrogens is 307 g/mol. The Morgan fingerprint density at radius 3 is 2.75 bits per heavy atom. The summed E-state index contributed by atoms with van der Waals surface area (Å²) in [5, 5.41) is 8.46. The number of fused-ring (bicyclic) bond motifs is 1. The summed E-state index contributed by atoms with van der Waals surface area (Å²) in [4.78, 5) is 4.47. The number of nitrogens with two attached hydrogens (primary N) is 1. The number of aromatic nitrogens is 5. The molecule has 6 nitrogen and oxygen atoms in total. The van der Waals surface area contributed by atoms with E-state index >= 15 is 0 Å². The number of aryl methyl sites for hydroxylation is 1. The van der Waals surface area contributed by atoms with E-state index in [0.717, 1.165) is 4.68 Å². The lowest BCUT2D eigenvalue weighted by Crippen LogP contribution is -1.95. The number of nitrogens with zero attached hydrogens (tertiary/aromatic N) is 5. The summed E-state index contributed by atoms with van der Waals surface area (Å²) < 4.78 is 38.8. The lowest BCUT2D eigenvalue weighted by molar-refractivity contribution is 0.628. The van der Waals surface area contributed by atoms with E-state index in [2.05, 4.69) is 15.2 Å². The standard InChI is InChI=1S/C17H15FN6/c1-23-10-15(16(22-23)11-2-4-12(18)5-3-11)14-6-7-20-24-9-13(8-19)21-17(14)24/h2-7,9-10H,8,19H2,1H3/i1D3. The van der Waals surface area contributed by atoms with Crippen LogP contribution in [0, 0.1) is 5.82 Å². The van der Waals surface area contributed by atoms with Gasteiger partial charge >= 0.3 is 0 Å². The molecule has 0 radical (unpaired) electrons. The summed E-state index contributed by atoms with van der Waals surface area (Å²) in [6.07, 6.45) is 4.74. The zero-order chi connectivity index (χ0) is 19.2. The van der Waals surface area contributed by atoms with Crippen LogP contribution in [0.2, 0.25) is 0 Å². The molecule has 0 amide bonds. The molecule has 4 rings (SSSR count). The van der Waals surface area contributed by atoms with Gasteiger partial charge in [-0.3, -0.25) is 4.68 Å². The molecule has 0 aliphatic heterocycles. The van der Waals surface area contributed by atoms with Crippen molar-refractivity contribution >= 4 is 5.65 Å². The Labute approximate surface area is 141 Å². The third kappa shape index (κ3) is 2.35. The Morgan fingerprint density at radius 1 is 1.17 bits per heavy atom. The molecule has 0 saturated carbocycles. The van der Waals surface area contributed by atoms with Crippen molar-refractivity contribution in [2.45, 2.75) is 6.54 Å². The van der Waals surface area contributed by atoms with Gasteiger partial charge in [0.2, 0.25) is 0 Å². The van der Waals surface area contributed by atoms with Crippen molar-refractivity contribution in [1.29, 1.82) is 0 Å². The predicted molar refractivity (Wildman–Crippen MR) is 88.5 cm³/mol. The van der Waals surface area contributed by atoms with Crippen LogP contribution in [0.5, 0.6) is 0 Å². The first-order chi connectivity index (χ1) is 12.9. The summed E-state index contributed by atoms with van der Waals surface area (Å²) in [7, 11) is 0. The predicted octanol–water partition coefficient (Wildman–Crippen LogP) is 2.39. The fourth-order valence-corrected chi connectivity index (χ4v) is 2.64. The van der Waals surface area contributed by atoms with Gasteiger partial charge in [0.05, 0.1) is 11.9 Å². The molecule has 24 heavy (non-hydrogen) atoms. The molecule has 1 aromatic carbocycles. The summed E-state index contributed by atoms with van der Waals surface area (Å²) in [6.45, 7) is -2.20. The average Bonchev–Trinajstić information content (AvgIpc) is 3.26. The normalized spacial score (nSPS) is 13.7. The Balaban J connectivity index is 1.98. The Kier molecular flexibility index (Phi) is 2.65. The van der Waals surface area contributed by atoms with Gasteiger partial charge in [-0.15, -0.1) is 0 Å². The first-order valence-corrected chi connectivity index (χ1v) is 7.26. The summed E-state index contributed by atoms with van der Waals surface area (Å²) in [6, 6.07) is 7.45. The summed E-state index contributed by atoms with van der Waals surface area (Å²) >= 11 is 0. The van der Waals surface area contributed by atoms with Crippen LogP contribution in [0.25, 0.3) is 28.0 Å². The quantitative estimate of drug-likeness (QED) is 0.628. The number of rotatable bonds is 3. The Bertz CT molecular complexity index is 1110. The number of halogens is 1. The van der Waals surface area contributed by atoms with Crippen molar-refractivity contribution in [3.63, 3.8) is 0 Å². The molecule has 120 valence electrons. The van der Waals surface area contributed by atoms with Gasteiger partial charge in [-0.25, -0.2) is 13.9 Å². The Hall–Kier alpha value is -3.06. The van der Waals surface area contributed by atoms with Gasteiger partial charge in [-0.1, -0.05) is 0 Å². The zero-order valence-electron chi connectivity index (χ0n) is 15.5. The van der Waals surface area contributed by atoms with E-state index < -0.39 is 6.98 Å². The zero-order valence-corrected chi connectivity index (χ0v) is 12.5. The van der Waals surface area contributed by atoms with Gasteiger partial charge in [-0.2, -0.15) is 10.2 Å². The van der Waals surface area contributed by atoms with E-state index in [4.69, 9.17) is 9.85 Å². The first-order valence-electron chi connectivity index (χ1n) is 8.76. The second kappa shape index (κ2) is 5.54. The molecule has 0 saturated heterocycles. The first kappa shape index (κ1) is 11.5. The highest BCUT2D eigenvalue weighted by Gasteiger charge is 2.16.